The average Bonchev–Trinajstić information content (AvgIpc) is 2.30. The number of nitrogens with zero attached hydrogens (tertiary/aromatic N) is 2. The summed E-state index contributed by atoms with van der Waals surface area (Å²) < 4.78 is 41.0. The molecule has 0 aliphatic heterocycles. The Balaban J connectivity index is 3.21. The summed E-state index contributed by atoms with van der Waals surface area (Å²) in [7, 11) is 0. The van der Waals surface area contributed by atoms with Gasteiger partial charge < -0.3 is 10.1 Å². The summed E-state index contributed by atoms with van der Waals surface area (Å²) in [6, 6.07) is 5.47. The number of halogens is 5. The van der Waals surface area contributed by atoms with Crippen LogP contribution in [0, 0.1) is 22.7 Å². The summed E-state index contributed by atoms with van der Waals surface area (Å²) >= 11 is 8.78. The van der Waals surface area contributed by atoms with Crippen LogP contribution < -0.4 is 10.1 Å². The molecular formula is C11H4BrClF3N3O. The lowest BCUT2D eigenvalue weighted by Gasteiger charge is -2.14. The van der Waals surface area contributed by atoms with Gasteiger partial charge in [-0.3, -0.25) is 0 Å². The maximum atomic E-state index is 12.3. The molecule has 1 N–H and O–H groups in total. The Morgan fingerprint density at radius 1 is 1.35 bits per heavy atom. The van der Waals surface area contributed by atoms with Crippen molar-refractivity contribution in [2.75, 3.05) is 5.32 Å². The number of hydrogen-bond donors (Lipinski definition) is 1. The largest absolute Gasteiger partial charge is 0.573 e. The van der Waals surface area contributed by atoms with Crippen LogP contribution in [0.15, 0.2) is 28.4 Å². The van der Waals surface area contributed by atoms with Crippen LogP contribution in [0.4, 0.5) is 18.9 Å². The molecule has 1 aromatic carbocycles. The SMILES string of the molecule is N#CC(C#N)=CNc1c(Cl)cc(Br)cc1OC(F)(F)F. The third kappa shape index (κ3) is 4.65. The van der Waals surface area contributed by atoms with E-state index in [1.165, 1.54) is 6.07 Å². The molecule has 0 spiro atoms. The topological polar surface area (TPSA) is 68.8 Å². The van der Waals surface area contributed by atoms with Gasteiger partial charge >= 0.3 is 6.36 Å². The van der Waals surface area contributed by atoms with Gasteiger partial charge in [0.2, 0.25) is 0 Å². The minimum absolute atomic E-state index is 0.0786. The van der Waals surface area contributed by atoms with Gasteiger partial charge in [-0.25, -0.2) is 0 Å². The van der Waals surface area contributed by atoms with Crippen molar-refractivity contribution in [3.8, 4) is 17.9 Å². The Morgan fingerprint density at radius 3 is 2.45 bits per heavy atom. The molecule has 20 heavy (non-hydrogen) atoms. The van der Waals surface area contributed by atoms with E-state index in [4.69, 9.17) is 22.1 Å². The highest BCUT2D eigenvalue weighted by Gasteiger charge is 2.32. The van der Waals surface area contributed by atoms with Crippen LogP contribution in [0.5, 0.6) is 5.75 Å². The molecule has 0 aliphatic carbocycles. The van der Waals surface area contributed by atoms with E-state index in [0.717, 1.165) is 12.3 Å². The monoisotopic (exact) mass is 365 g/mol. The van der Waals surface area contributed by atoms with E-state index in [1.807, 2.05) is 0 Å². The fourth-order valence-electron chi connectivity index (χ4n) is 1.13. The number of nitriles is 2. The van der Waals surface area contributed by atoms with Gasteiger partial charge in [0.15, 0.2) is 5.75 Å². The maximum absolute atomic E-state index is 12.3. The van der Waals surface area contributed by atoms with E-state index in [-0.39, 0.29) is 20.8 Å². The second-order valence-electron chi connectivity index (χ2n) is 3.23. The van der Waals surface area contributed by atoms with Crippen molar-refractivity contribution in [3.63, 3.8) is 0 Å². The molecule has 1 aromatic rings. The zero-order valence-corrected chi connectivity index (χ0v) is 11.8. The fraction of sp³-hybridized carbons (Fsp3) is 0.0909. The molecule has 0 radical (unpaired) electrons. The standard InChI is InChI=1S/C11H4BrClF3N3O/c12-7-1-8(13)10(19-5-6(3-17)4-18)9(2-7)20-11(14,15)16/h1-2,5,19H. The number of benzene rings is 1. The summed E-state index contributed by atoms with van der Waals surface area (Å²) in [5.41, 5.74) is -0.544. The van der Waals surface area contributed by atoms with Gasteiger partial charge in [-0.05, 0) is 12.1 Å². The summed E-state index contributed by atoms with van der Waals surface area (Å²) in [6.07, 6.45) is -3.98. The fourth-order valence-corrected chi connectivity index (χ4v) is 1.96. The smallest absolute Gasteiger partial charge is 0.403 e. The predicted octanol–water partition coefficient (Wildman–Crippen LogP) is 4.34. The number of alkyl halides is 3. The van der Waals surface area contributed by atoms with Crippen LogP contribution in [-0.4, -0.2) is 6.36 Å². The van der Waals surface area contributed by atoms with Crippen molar-refractivity contribution in [3.05, 3.63) is 33.4 Å². The first-order valence-electron chi connectivity index (χ1n) is 4.78. The first-order chi connectivity index (χ1) is 9.26. The molecule has 1 rings (SSSR count). The molecule has 0 saturated carbocycles. The van der Waals surface area contributed by atoms with Crippen molar-refractivity contribution in [2.45, 2.75) is 6.36 Å². The lowest BCUT2D eigenvalue weighted by Crippen LogP contribution is -2.18. The van der Waals surface area contributed by atoms with Crippen molar-refractivity contribution in [2.24, 2.45) is 0 Å². The van der Waals surface area contributed by atoms with Gasteiger partial charge in [0.05, 0.1) is 5.02 Å². The molecule has 0 amide bonds. The van der Waals surface area contributed by atoms with E-state index in [1.54, 1.807) is 12.1 Å². The van der Waals surface area contributed by atoms with Crippen molar-refractivity contribution >= 4 is 33.2 Å². The lowest BCUT2D eigenvalue weighted by atomic mass is 10.3. The van der Waals surface area contributed by atoms with E-state index >= 15 is 0 Å². The van der Waals surface area contributed by atoms with Crippen molar-refractivity contribution in [1.82, 2.24) is 0 Å². The van der Waals surface area contributed by atoms with Gasteiger partial charge in [-0.15, -0.1) is 13.2 Å². The highest BCUT2D eigenvalue weighted by molar-refractivity contribution is 9.10. The summed E-state index contributed by atoms with van der Waals surface area (Å²) in [4.78, 5) is 0. The first-order valence-corrected chi connectivity index (χ1v) is 5.95. The molecule has 0 bridgehead atoms. The molecule has 9 heteroatoms. The molecule has 104 valence electrons. The molecule has 4 nitrogen and oxygen atoms in total. The van der Waals surface area contributed by atoms with Gasteiger partial charge in [-0.1, -0.05) is 27.5 Å². The third-order valence-electron chi connectivity index (χ3n) is 1.85. The van der Waals surface area contributed by atoms with Crippen LogP contribution in [-0.2, 0) is 0 Å². The van der Waals surface area contributed by atoms with Gasteiger partial charge in [0, 0.05) is 10.7 Å². The highest BCUT2D eigenvalue weighted by Crippen LogP contribution is 2.38. The van der Waals surface area contributed by atoms with Crippen molar-refractivity contribution in [1.29, 1.82) is 10.5 Å². The van der Waals surface area contributed by atoms with Gasteiger partial charge in [0.1, 0.15) is 23.4 Å². The molecule has 0 aromatic heterocycles. The molecular weight excluding hydrogens is 362 g/mol. The maximum Gasteiger partial charge on any atom is 0.573 e. The zero-order chi connectivity index (χ0) is 15.3. The predicted molar refractivity (Wildman–Crippen MR) is 68.8 cm³/mol. The average molecular weight is 367 g/mol. The summed E-state index contributed by atoms with van der Waals surface area (Å²) in [6.45, 7) is 0. The van der Waals surface area contributed by atoms with Crippen LogP contribution in [0.1, 0.15) is 0 Å². The van der Waals surface area contributed by atoms with Crippen LogP contribution >= 0.6 is 27.5 Å². The molecule has 0 fully saturated rings. The number of rotatable bonds is 3. The molecule has 0 aliphatic rings. The molecule has 0 heterocycles. The summed E-state index contributed by atoms with van der Waals surface area (Å²) in [5.74, 6) is -0.594. The van der Waals surface area contributed by atoms with Gasteiger partial charge in [-0.2, -0.15) is 10.5 Å². The Labute approximate surface area is 125 Å². The minimum atomic E-state index is -4.91. The molecule has 0 unspecified atom stereocenters. The minimum Gasteiger partial charge on any atom is -0.403 e. The second-order valence-corrected chi connectivity index (χ2v) is 4.56. The number of allylic oxidation sites excluding steroid dienone is 1. The number of ether oxygens (including phenoxy) is 1. The van der Waals surface area contributed by atoms with Crippen LogP contribution in [0.2, 0.25) is 5.02 Å². The Bertz CT molecular complexity index is 616. The third-order valence-corrected chi connectivity index (χ3v) is 2.60. The molecule has 0 atom stereocenters. The lowest BCUT2D eigenvalue weighted by molar-refractivity contribution is -0.274. The number of anilines is 1. The summed E-state index contributed by atoms with van der Waals surface area (Å²) in [5, 5.41) is 19.4. The van der Waals surface area contributed by atoms with E-state index in [0.29, 0.717) is 0 Å². The Morgan fingerprint density at radius 2 is 1.95 bits per heavy atom. The van der Waals surface area contributed by atoms with Gasteiger partial charge in [0.25, 0.3) is 0 Å². The molecule has 0 saturated heterocycles. The number of nitrogens with one attached hydrogen (secondary N) is 1. The Hall–Kier alpha value is -1.90. The number of hydrogen-bond acceptors (Lipinski definition) is 4. The van der Waals surface area contributed by atoms with E-state index in [2.05, 4.69) is 26.0 Å². The normalized spacial score (nSPS) is 10.2. The first kappa shape index (κ1) is 16.2. The Kier molecular flexibility index (Phi) is 5.26. The van der Waals surface area contributed by atoms with Crippen LogP contribution in [0.25, 0.3) is 0 Å². The second kappa shape index (κ2) is 6.51. The zero-order valence-electron chi connectivity index (χ0n) is 9.42. The van der Waals surface area contributed by atoms with Crippen molar-refractivity contribution < 1.29 is 17.9 Å². The van der Waals surface area contributed by atoms with E-state index < -0.39 is 12.1 Å². The quantitative estimate of drug-likeness (QED) is 0.808. The highest BCUT2D eigenvalue weighted by atomic mass is 79.9. The van der Waals surface area contributed by atoms with E-state index in [9.17, 15) is 13.2 Å². The van der Waals surface area contributed by atoms with Crippen LogP contribution in [0.3, 0.4) is 0 Å².